The van der Waals surface area contributed by atoms with Gasteiger partial charge in [0.15, 0.2) is 0 Å². The highest BCUT2D eigenvalue weighted by atomic mass is 32.1. The van der Waals surface area contributed by atoms with Crippen LogP contribution in [0.1, 0.15) is 37.1 Å². The summed E-state index contributed by atoms with van der Waals surface area (Å²) in [6, 6.07) is 0.202. The van der Waals surface area contributed by atoms with E-state index in [0.29, 0.717) is 0 Å². The Labute approximate surface area is 101 Å². The van der Waals surface area contributed by atoms with E-state index in [9.17, 15) is 0 Å². The average Bonchev–Trinajstić information content (AvgIpc) is 2.85. The molecule has 0 fully saturated rings. The molecule has 0 radical (unpaired) electrons. The predicted octanol–water partition coefficient (Wildman–Crippen LogP) is 2.88. The number of thiazole rings is 1. The van der Waals surface area contributed by atoms with Gasteiger partial charge >= 0.3 is 0 Å². The summed E-state index contributed by atoms with van der Waals surface area (Å²) in [5.41, 5.74) is 1.87. The van der Waals surface area contributed by atoms with Crippen molar-refractivity contribution in [2.45, 2.75) is 32.2 Å². The Bertz CT molecular complexity index is 335. The largest absolute Gasteiger partial charge is 0.496 e. The van der Waals surface area contributed by atoms with Gasteiger partial charge in [-0.15, -0.1) is 11.3 Å². The van der Waals surface area contributed by atoms with Crippen molar-refractivity contribution in [1.29, 1.82) is 0 Å². The van der Waals surface area contributed by atoms with Crippen LogP contribution in [0, 0.1) is 0 Å². The minimum Gasteiger partial charge on any atom is -0.496 e. The van der Waals surface area contributed by atoms with Crippen molar-refractivity contribution in [3.63, 3.8) is 0 Å². The van der Waals surface area contributed by atoms with E-state index in [1.807, 2.05) is 11.7 Å². The van der Waals surface area contributed by atoms with E-state index in [0.717, 1.165) is 38.2 Å². The molecule has 1 aromatic heterocycles. The highest BCUT2D eigenvalue weighted by Crippen LogP contribution is 2.28. The first kappa shape index (κ1) is 11.6. The zero-order valence-electron chi connectivity index (χ0n) is 9.61. The SMILES string of the molecule is CCCNC(C1=CCCCO1)c1cncs1. The molecule has 3 nitrogen and oxygen atoms in total. The highest BCUT2D eigenvalue weighted by Gasteiger charge is 2.20. The molecule has 0 aromatic carbocycles. The van der Waals surface area contributed by atoms with Crippen LogP contribution in [-0.2, 0) is 4.74 Å². The summed E-state index contributed by atoms with van der Waals surface area (Å²) in [5.74, 6) is 1.07. The number of allylic oxidation sites excluding steroid dienone is 1. The van der Waals surface area contributed by atoms with Gasteiger partial charge in [-0.1, -0.05) is 6.92 Å². The zero-order valence-corrected chi connectivity index (χ0v) is 10.4. The van der Waals surface area contributed by atoms with Crippen molar-refractivity contribution >= 4 is 11.3 Å². The summed E-state index contributed by atoms with van der Waals surface area (Å²) in [4.78, 5) is 5.38. The van der Waals surface area contributed by atoms with E-state index in [1.54, 1.807) is 11.3 Å². The first-order valence-electron chi connectivity index (χ1n) is 5.86. The van der Waals surface area contributed by atoms with Gasteiger partial charge in [0, 0.05) is 11.1 Å². The van der Waals surface area contributed by atoms with E-state index in [-0.39, 0.29) is 6.04 Å². The second-order valence-electron chi connectivity index (χ2n) is 3.89. The van der Waals surface area contributed by atoms with Crippen LogP contribution in [0.3, 0.4) is 0 Å². The van der Waals surface area contributed by atoms with Crippen LogP contribution in [0.4, 0.5) is 0 Å². The third kappa shape index (κ3) is 2.83. The van der Waals surface area contributed by atoms with Crippen molar-refractivity contribution in [1.82, 2.24) is 10.3 Å². The molecule has 1 aromatic rings. The molecule has 16 heavy (non-hydrogen) atoms. The maximum Gasteiger partial charge on any atom is 0.114 e. The smallest absolute Gasteiger partial charge is 0.114 e. The number of aromatic nitrogens is 1. The van der Waals surface area contributed by atoms with Crippen molar-refractivity contribution in [2.24, 2.45) is 0 Å². The maximum atomic E-state index is 5.74. The molecule has 1 N–H and O–H groups in total. The Balaban J connectivity index is 2.10. The minimum absolute atomic E-state index is 0.202. The van der Waals surface area contributed by atoms with Crippen LogP contribution < -0.4 is 5.32 Å². The normalized spacial score (nSPS) is 17.7. The summed E-state index contributed by atoms with van der Waals surface area (Å²) in [6.07, 6.45) is 7.51. The van der Waals surface area contributed by atoms with Gasteiger partial charge in [-0.25, -0.2) is 0 Å². The van der Waals surface area contributed by atoms with Gasteiger partial charge in [0.05, 0.1) is 12.1 Å². The Hall–Kier alpha value is -0.870. The van der Waals surface area contributed by atoms with Gasteiger partial charge in [-0.05, 0) is 31.9 Å². The number of ether oxygens (including phenoxy) is 1. The molecule has 88 valence electrons. The van der Waals surface area contributed by atoms with Crippen LogP contribution in [0.2, 0.25) is 0 Å². The number of rotatable bonds is 5. The Morgan fingerprint density at radius 3 is 3.19 bits per heavy atom. The number of nitrogens with zero attached hydrogens (tertiary/aromatic N) is 1. The lowest BCUT2D eigenvalue weighted by atomic mass is 10.1. The molecule has 1 aliphatic heterocycles. The summed E-state index contributed by atoms with van der Waals surface area (Å²) < 4.78 is 5.74. The standard InChI is InChI=1S/C12H18N2OS/c1-2-6-14-12(11-8-13-9-16-11)10-5-3-4-7-15-10/h5,8-9,12,14H,2-4,6-7H2,1H3. The fraction of sp³-hybridized carbons (Fsp3) is 0.583. The van der Waals surface area contributed by atoms with Crippen molar-refractivity contribution in [3.05, 3.63) is 28.4 Å². The lowest BCUT2D eigenvalue weighted by Crippen LogP contribution is -2.25. The van der Waals surface area contributed by atoms with Crippen LogP contribution in [0.15, 0.2) is 23.5 Å². The summed E-state index contributed by atoms with van der Waals surface area (Å²) in [7, 11) is 0. The van der Waals surface area contributed by atoms with Gasteiger partial charge in [-0.3, -0.25) is 4.98 Å². The topological polar surface area (TPSA) is 34.1 Å². The molecule has 4 heteroatoms. The molecule has 1 atom stereocenters. The van der Waals surface area contributed by atoms with Gasteiger partial charge < -0.3 is 10.1 Å². The van der Waals surface area contributed by atoms with Gasteiger partial charge in [-0.2, -0.15) is 0 Å². The molecule has 0 amide bonds. The Kier molecular flexibility index (Phi) is 4.36. The average molecular weight is 238 g/mol. The van der Waals surface area contributed by atoms with Crippen LogP contribution in [0.25, 0.3) is 0 Å². The van der Waals surface area contributed by atoms with Crippen molar-refractivity contribution in [2.75, 3.05) is 13.2 Å². The second kappa shape index (κ2) is 6.01. The fourth-order valence-electron chi connectivity index (χ4n) is 1.78. The molecule has 1 aliphatic rings. The molecule has 0 saturated heterocycles. The molecule has 2 rings (SSSR count). The molecule has 2 heterocycles. The molecule has 1 unspecified atom stereocenters. The first-order chi connectivity index (χ1) is 7.92. The Morgan fingerprint density at radius 2 is 2.56 bits per heavy atom. The summed E-state index contributed by atoms with van der Waals surface area (Å²) in [6.45, 7) is 4.02. The first-order valence-corrected chi connectivity index (χ1v) is 6.74. The van der Waals surface area contributed by atoms with Gasteiger partial charge in [0.2, 0.25) is 0 Å². The van der Waals surface area contributed by atoms with Crippen molar-refractivity contribution in [3.8, 4) is 0 Å². The molecule has 0 spiro atoms. The van der Waals surface area contributed by atoms with Gasteiger partial charge in [0.25, 0.3) is 0 Å². The van der Waals surface area contributed by atoms with E-state index < -0.39 is 0 Å². The zero-order chi connectivity index (χ0) is 11.2. The third-order valence-corrected chi connectivity index (χ3v) is 3.42. The summed E-state index contributed by atoms with van der Waals surface area (Å²) in [5, 5.41) is 3.52. The second-order valence-corrected chi connectivity index (χ2v) is 4.81. The quantitative estimate of drug-likeness (QED) is 0.856. The van der Waals surface area contributed by atoms with Gasteiger partial charge in [0.1, 0.15) is 11.8 Å². The van der Waals surface area contributed by atoms with Crippen LogP contribution in [0.5, 0.6) is 0 Å². The molecule has 0 saturated carbocycles. The fourth-order valence-corrected chi connectivity index (χ4v) is 2.48. The van der Waals surface area contributed by atoms with E-state index >= 15 is 0 Å². The monoisotopic (exact) mass is 238 g/mol. The minimum atomic E-state index is 0.202. The number of nitrogens with one attached hydrogen (secondary N) is 1. The highest BCUT2D eigenvalue weighted by molar-refractivity contribution is 7.09. The van der Waals surface area contributed by atoms with E-state index in [2.05, 4.69) is 23.3 Å². The lowest BCUT2D eigenvalue weighted by molar-refractivity contribution is 0.168. The molecule has 0 aliphatic carbocycles. The number of hydrogen-bond acceptors (Lipinski definition) is 4. The molecular weight excluding hydrogens is 220 g/mol. The third-order valence-electron chi connectivity index (χ3n) is 2.58. The van der Waals surface area contributed by atoms with Crippen molar-refractivity contribution < 1.29 is 4.74 Å². The molecule has 0 bridgehead atoms. The van der Waals surface area contributed by atoms with Crippen LogP contribution in [-0.4, -0.2) is 18.1 Å². The number of hydrogen-bond donors (Lipinski definition) is 1. The predicted molar refractivity (Wildman–Crippen MR) is 66.4 cm³/mol. The van der Waals surface area contributed by atoms with Crippen LogP contribution >= 0.6 is 11.3 Å². The van der Waals surface area contributed by atoms with E-state index in [1.165, 1.54) is 4.88 Å². The Morgan fingerprint density at radius 1 is 1.62 bits per heavy atom. The lowest BCUT2D eigenvalue weighted by Gasteiger charge is -2.23. The molecular formula is C12H18N2OS. The van der Waals surface area contributed by atoms with E-state index in [4.69, 9.17) is 4.74 Å². The summed E-state index contributed by atoms with van der Waals surface area (Å²) >= 11 is 1.68. The maximum absolute atomic E-state index is 5.74.